The van der Waals surface area contributed by atoms with Gasteiger partial charge in [0.1, 0.15) is 0 Å². The van der Waals surface area contributed by atoms with Crippen molar-refractivity contribution in [1.82, 2.24) is 15.0 Å². The molecule has 0 saturated carbocycles. The van der Waals surface area contributed by atoms with Gasteiger partial charge in [0.2, 0.25) is 0 Å². The SMILES string of the molecule is c1ccc(-c2ccc(-c3nc(-c4cccc(-c5cccc6ccccc56)c4)nc(-c4cccc(-c5ccc(-c6ccccc6)c6ccccc56)c4)n3)cc2-c2ccccc2)cc1. The number of rotatable bonds is 8. The predicted octanol–water partition coefficient (Wildman–Crippen LogP) is 15.5. The van der Waals surface area contributed by atoms with Crippen LogP contribution in [0.4, 0.5) is 0 Å². The molecule has 1 heterocycles. The molecule has 0 spiro atoms. The molecular formula is C59H39N3. The minimum absolute atomic E-state index is 0.612. The summed E-state index contributed by atoms with van der Waals surface area (Å²) < 4.78 is 0. The fourth-order valence-electron chi connectivity index (χ4n) is 8.72. The van der Waals surface area contributed by atoms with Crippen LogP contribution in [-0.2, 0) is 0 Å². The smallest absolute Gasteiger partial charge is 0.164 e. The molecule has 11 rings (SSSR count). The summed E-state index contributed by atoms with van der Waals surface area (Å²) in [5.41, 5.74) is 14.2. The fraction of sp³-hybridized carbons (Fsp3) is 0. The summed E-state index contributed by atoms with van der Waals surface area (Å²) in [6.07, 6.45) is 0. The number of fused-ring (bicyclic) bond motifs is 2. The molecule has 3 heteroatoms. The highest BCUT2D eigenvalue weighted by atomic mass is 15.0. The molecule has 0 aliphatic rings. The molecule has 1 aromatic heterocycles. The molecule has 0 aliphatic carbocycles. The minimum Gasteiger partial charge on any atom is -0.208 e. The maximum absolute atomic E-state index is 5.29. The highest BCUT2D eigenvalue weighted by Crippen LogP contribution is 2.39. The Kier molecular flexibility index (Phi) is 9.53. The van der Waals surface area contributed by atoms with Gasteiger partial charge >= 0.3 is 0 Å². The van der Waals surface area contributed by atoms with Gasteiger partial charge < -0.3 is 0 Å². The second-order valence-corrected chi connectivity index (χ2v) is 15.6. The van der Waals surface area contributed by atoms with Gasteiger partial charge in [0, 0.05) is 16.7 Å². The van der Waals surface area contributed by atoms with Gasteiger partial charge in [-0.05, 0) is 95.4 Å². The van der Waals surface area contributed by atoms with E-state index < -0.39 is 0 Å². The van der Waals surface area contributed by atoms with Crippen molar-refractivity contribution in [3.63, 3.8) is 0 Å². The summed E-state index contributed by atoms with van der Waals surface area (Å²) in [4.78, 5) is 15.8. The average molecular weight is 790 g/mol. The fourth-order valence-corrected chi connectivity index (χ4v) is 8.72. The molecule has 0 aliphatic heterocycles. The largest absolute Gasteiger partial charge is 0.208 e. The summed E-state index contributed by atoms with van der Waals surface area (Å²) in [7, 11) is 0. The van der Waals surface area contributed by atoms with Gasteiger partial charge in [-0.3, -0.25) is 0 Å². The molecule has 11 aromatic rings. The van der Waals surface area contributed by atoms with Gasteiger partial charge in [-0.2, -0.15) is 0 Å². The third kappa shape index (κ3) is 7.02. The lowest BCUT2D eigenvalue weighted by atomic mass is 9.91. The number of benzene rings is 10. The zero-order valence-electron chi connectivity index (χ0n) is 33.9. The van der Waals surface area contributed by atoms with E-state index in [1.165, 1.54) is 38.2 Å². The van der Waals surface area contributed by atoms with Crippen LogP contribution in [0.1, 0.15) is 0 Å². The highest BCUT2D eigenvalue weighted by Gasteiger charge is 2.18. The van der Waals surface area contributed by atoms with Crippen molar-refractivity contribution in [2.24, 2.45) is 0 Å². The molecular weight excluding hydrogens is 751 g/mol. The standard InChI is InChI=1S/C59H39N3/c1-4-17-40(18-5-1)51-35-36-53(55-31-13-12-30-54(51)55)45-26-15-28-47(38-45)58-60-57(46-27-14-25-44(37-46)50-32-16-24-42-23-10-11-29-49(42)50)61-59(62-58)48-33-34-52(41-19-6-2-7-20-41)56(39-48)43-21-8-3-9-22-43/h1-39H. The highest BCUT2D eigenvalue weighted by molar-refractivity contribution is 6.05. The van der Waals surface area contributed by atoms with Crippen molar-refractivity contribution < 1.29 is 0 Å². The number of hydrogen-bond acceptors (Lipinski definition) is 3. The summed E-state index contributed by atoms with van der Waals surface area (Å²) in [5.74, 6) is 1.84. The Morgan fingerprint density at radius 2 is 0.548 bits per heavy atom. The second kappa shape index (κ2) is 16.1. The van der Waals surface area contributed by atoms with E-state index in [0.717, 1.165) is 55.6 Å². The Balaban J connectivity index is 1.08. The molecule has 0 atom stereocenters. The molecule has 0 bridgehead atoms. The number of hydrogen-bond donors (Lipinski definition) is 0. The molecule has 3 nitrogen and oxygen atoms in total. The van der Waals surface area contributed by atoms with Crippen LogP contribution in [0, 0.1) is 0 Å². The van der Waals surface area contributed by atoms with E-state index in [9.17, 15) is 0 Å². The van der Waals surface area contributed by atoms with E-state index >= 15 is 0 Å². The lowest BCUT2D eigenvalue weighted by Crippen LogP contribution is -2.01. The topological polar surface area (TPSA) is 38.7 Å². The van der Waals surface area contributed by atoms with E-state index in [4.69, 9.17) is 15.0 Å². The van der Waals surface area contributed by atoms with Gasteiger partial charge in [0.25, 0.3) is 0 Å². The molecule has 290 valence electrons. The van der Waals surface area contributed by atoms with Crippen molar-refractivity contribution in [2.45, 2.75) is 0 Å². The predicted molar refractivity (Wildman–Crippen MR) is 258 cm³/mol. The summed E-state index contributed by atoms with van der Waals surface area (Å²) >= 11 is 0. The maximum Gasteiger partial charge on any atom is 0.164 e. The number of nitrogens with zero attached hydrogens (tertiary/aromatic N) is 3. The molecule has 0 radical (unpaired) electrons. The van der Waals surface area contributed by atoms with Crippen LogP contribution in [0.25, 0.3) is 111 Å². The van der Waals surface area contributed by atoms with E-state index in [1.54, 1.807) is 0 Å². The molecule has 10 aromatic carbocycles. The maximum atomic E-state index is 5.29. The van der Waals surface area contributed by atoms with Crippen LogP contribution in [-0.4, -0.2) is 15.0 Å². The third-order valence-corrected chi connectivity index (χ3v) is 11.7. The second-order valence-electron chi connectivity index (χ2n) is 15.6. The average Bonchev–Trinajstić information content (AvgIpc) is 3.36. The van der Waals surface area contributed by atoms with Crippen LogP contribution < -0.4 is 0 Å². The van der Waals surface area contributed by atoms with Crippen LogP contribution in [0.5, 0.6) is 0 Å². The molecule has 62 heavy (non-hydrogen) atoms. The first-order valence-corrected chi connectivity index (χ1v) is 21.0. The zero-order valence-corrected chi connectivity index (χ0v) is 33.9. The molecule has 0 amide bonds. The zero-order chi connectivity index (χ0) is 41.2. The van der Waals surface area contributed by atoms with Crippen LogP contribution >= 0.6 is 0 Å². The number of aromatic nitrogens is 3. The van der Waals surface area contributed by atoms with Gasteiger partial charge in [-0.15, -0.1) is 0 Å². The van der Waals surface area contributed by atoms with Crippen molar-refractivity contribution in [3.8, 4) is 89.8 Å². The van der Waals surface area contributed by atoms with Crippen molar-refractivity contribution in [3.05, 3.63) is 237 Å². The first-order chi connectivity index (χ1) is 30.7. The Hall–Kier alpha value is -8.27. The van der Waals surface area contributed by atoms with Crippen molar-refractivity contribution >= 4 is 21.5 Å². The third-order valence-electron chi connectivity index (χ3n) is 11.7. The van der Waals surface area contributed by atoms with Gasteiger partial charge in [0.15, 0.2) is 17.5 Å². The summed E-state index contributed by atoms with van der Waals surface area (Å²) in [6, 6.07) is 83.6. The molecule has 0 fully saturated rings. The normalized spacial score (nSPS) is 11.2. The van der Waals surface area contributed by atoms with E-state index in [0.29, 0.717) is 17.5 Å². The van der Waals surface area contributed by atoms with Crippen molar-refractivity contribution in [2.75, 3.05) is 0 Å². The van der Waals surface area contributed by atoms with Crippen LogP contribution in [0.15, 0.2) is 237 Å². The Bertz CT molecular complexity index is 3390. The Labute approximate surface area is 361 Å². The molecule has 0 N–H and O–H groups in total. The molecule has 0 unspecified atom stereocenters. The van der Waals surface area contributed by atoms with Crippen LogP contribution in [0.2, 0.25) is 0 Å². The lowest BCUT2D eigenvalue weighted by Gasteiger charge is -2.15. The Morgan fingerprint density at radius 1 is 0.194 bits per heavy atom. The monoisotopic (exact) mass is 789 g/mol. The Morgan fingerprint density at radius 3 is 1.11 bits per heavy atom. The quantitative estimate of drug-likeness (QED) is 0.154. The van der Waals surface area contributed by atoms with Crippen molar-refractivity contribution in [1.29, 1.82) is 0 Å². The van der Waals surface area contributed by atoms with E-state index in [1.807, 2.05) is 0 Å². The van der Waals surface area contributed by atoms with Crippen LogP contribution in [0.3, 0.4) is 0 Å². The van der Waals surface area contributed by atoms with Gasteiger partial charge in [-0.25, -0.2) is 15.0 Å². The van der Waals surface area contributed by atoms with Gasteiger partial charge in [-0.1, -0.05) is 218 Å². The molecule has 0 saturated heterocycles. The van der Waals surface area contributed by atoms with E-state index in [-0.39, 0.29) is 0 Å². The van der Waals surface area contributed by atoms with Gasteiger partial charge in [0.05, 0.1) is 0 Å². The lowest BCUT2D eigenvalue weighted by molar-refractivity contribution is 1.07. The minimum atomic E-state index is 0.612. The summed E-state index contributed by atoms with van der Waals surface area (Å²) in [6.45, 7) is 0. The van der Waals surface area contributed by atoms with E-state index in [2.05, 4.69) is 237 Å². The first-order valence-electron chi connectivity index (χ1n) is 21.0. The summed E-state index contributed by atoms with van der Waals surface area (Å²) in [5, 5.41) is 4.82. The first kappa shape index (κ1) is 36.8.